The molecule has 19 heavy (non-hydrogen) atoms. The third-order valence-corrected chi connectivity index (χ3v) is 3.89. The van der Waals surface area contributed by atoms with E-state index >= 15 is 0 Å². The highest BCUT2D eigenvalue weighted by Gasteiger charge is 2.17. The second-order valence-corrected chi connectivity index (χ2v) is 5.48. The summed E-state index contributed by atoms with van der Waals surface area (Å²) in [7, 11) is 0. The zero-order valence-electron chi connectivity index (χ0n) is 11.7. The minimum Gasteiger partial charge on any atom is -0.315 e. The molecular weight excluding hydrogens is 234 g/mol. The Morgan fingerprint density at radius 3 is 2.95 bits per heavy atom. The molecule has 100 valence electrons. The Hall–Kier alpha value is -1.61. The molecule has 0 aliphatic carbocycles. The standard InChI is InChI=1S/C16H21N3/c1-12-5-3-6-14(9-12)16-11-19(18-13(16)2)15-7-4-8-17-10-15/h3,5-6,9,11,15,17H,4,7-8,10H2,1-2H3. The minimum absolute atomic E-state index is 0.506. The van der Waals surface area contributed by atoms with Crippen molar-refractivity contribution in [2.45, 2.75) is 32.7 Å². The molecule has 1 N–H and O–H groups in total. The van der Waals surface area contributed by atoms with Crippen LogP contribution in [0.25, 0.3) is 11.1 Å². The average Bonchev–Trinajstić information content (AvgIpc) is 2.82. The summed E-state index contributed by atoms with van der Waals surface area (Å²) in [6, 6.07) is 9.15. The van der Waals surface area contributed by atoms with Crippen LogP contribution in [0.4, 0.5) is 0 Å². The van der Waals surface area contributed by atoms with E-state index in [-0.39, 0.29) is 0 Å². The van der Waals surface area contributed by atoms with E-state index < -0.39 is 0 Å². The number of rotatable bonds is 2. The Labute approximate surface area is 114 Å². The summed E-state index contributed by atoms with van der Waals surface area (Å²) < 4.78 is 2.15. The van der Waals surface area contributed by atoms with Crippen molar-refractivity contribution in [3.63, 3.8) is 0 Å². The minimum atomic E-state index is 0.506. The highest BCUT2D eigenvalue weighted by Crippen LogP contribution is 2.26. The zero-order valence-corrected chi connectivity index (χ0v) is 11.7. The van der Waals surface area contributed by atoms with Crippen molar-refractivity contribution in [3.05, 3.63) is 41.7 Å². The van der Waals surface area contributed by atoms with Crippen LogP contribution in [0.5, 0.6) is 0 Å². The van der Waals surface area contributed by atoms with Crippen LogP contribution < -0.4 is 5.32 Å². The number of nitrogens with one attached hydrogen (secondary N) is 1. The van der Waals surface area contributed by atoms with E-state index in [0.29, 0.717) is 6.04 Å². The molecule has 3 rings (SSSR count). The molecule has 1 aromatic carbocycles. The van der Waals surface area contributed by atoms with Gasteiger partial charge in [0.05, 0.1) is 11.7 Å². The van der Waals surface area contributed by atoms with E-state index in [2.05, 4.69) is 54.3 Å². The second kappa shape index (κ2) is 5.17. The largest absolute Gasteiger partial charge is 0.315 e. The second-order valence-electron chi connectivity index (χ2n) is 5.48. The molecule has 2 aromatic rings. The summed E-state index contributed by atoms with van der Waals surface area (Å²) in [4.78, 5) is 0. The summed E-state index contributed by atoms with van der Waals surface area (Å²) in [5.74, 6) is 0. The van der Waals surface area contributed by atoms with Gasteiger partial charge in [-0.25, -0.2) is 0 Å². The Bertz CT molecular complexity index is 565. The third kappa shape index (κ3) is 2.56. The summed E-state index contributed by atoms with van der Waals surface area (Å²) in [5, 5.41) is 8.17. The van der Waals surface area contributed by atoms with Gasteiger partial charge in [0.2, 0.25) is 0 Å². The van der Waals surface area contributed by atoms with E-state index in [9.17, 15) is 0 Å². The van der Waals surface area contributed by atoms with Crippen LogP contribution in [0.1, 0.15) is 30.1 Å². The SMILES string of the molecule is Cc1cccc(-c2cn(C3CCCNC3)nc2C)c1. The van der Waals surface area contributed by atoms with Gasteiger partial charge in [0.15, 0.2) is 0 Å². The average molecular weight is 255 g/mol. The number of aromatic nitrogens is 2. The zero-order chi connectivity index (χ0) is 13.2. The van der Waals surface area contributed by atoms with Gasteiger partial charge in [-0.15, -0.1) is 0 Å². The summed E-state index contributed by atoms with van der Waals surface area (Å²) in [5.41, 5.74) is 4.95. The molecule has 1 atom stereocenters. The molecule has 0 saturated carbocycles. The van der Waals surface area contributed by atoms with Crippen molar-refractivity contribution >= 4 is 0 Å². The Morgan fingerprint density at radius 1 is 1.32 bits per heavy atom. The fourth-order valence-electron chi connectivity index (χ4n) is 2.82. The highest BCUT2D eigenvalue weighted by molar-refractivity contribution is 5.65. The Balaban J connectivity index is 1.92. The van der Waals surface area contributed by atoms with Gasteiger partial charge >= 0.3 is 0 Å². The van der Waals surface area contributed by atoms with E-state index in [1.807, 2.05) is 0 Å². The van der Waals surface area contributed by atoms with Crippen molar-refractivity contribution in [2.24, 2.45) is 0 Å². The van der Waals surface area contributed by atoms with Gasteiger partial charge < -0.3 is 5.32 Å². The van der Waals surface area contributed by atoms with Crippen LogP contribution in [0.3, 0.4) is 0 Å². The predicted octanol–water partition coefficient (Wildman–Crippen LogP) is 3.09. The maximum atomic E-state index is 4.72. The van der Waals surface area contributed by atoms with E-state index in [0.717, 1.165) is 18.8 Å². The molecule has 0 amide bonds. The molecule has 3 nitrogen and oxygen atoms in total. The predicted molar refractivity (Wildman–Crippen MR) is 78.3 cm³/mol. The van der Waals surface area contributed by atoms with Crippen LogP contribution in [0, 0.1) is 13.8 Å². The van der Waals surface area contributed by atoms with Gasteiger partial charge in [-0.05, 0) is 38.8 Å². The third-order valence-electron chi connectivity index (χ3n) is 3.89. The van der Waals surface area contributed by atoms with Gasteiger partial charge in [0, 0.05) is 18.3 Å². The van der Waals surface area contributed by atoms with Gasteiger partial charge in [-0.3, -0.25) is 4.68 Å². The number of benzene rings is 1. The first-order chi connectivity index (χ1) is 9.24. The maximum Gasteiger partial charge on any atom is 0.0672 e. The Morgan fingerprint density at radius 2 is 2.21 bits per heavy atom. The van der Waals surface area contributed by atoms with Crippen molar-refractivity contribution in [3.8, 4) is 11.1 Å². The molecule has 3 heteroatoms. The molecule has 1 aromatic heterocycles. The lowest BCUT2D eigenvalue weighted by molar-refractivity contribution is 0.346. The van der Waals surface area contributed by atoms with Crippen molar-refractivity contribution in [2.75, 3.05) is 13.1 Å². The molecule has 1 fully saturated rings. The van der Waals surface area contributed by atoms with E-state index in [1.54, 1.807) is 0 Å². The number of hydrogen-bond donors (Lipinski definition) is 1. The maximum absolute atomic E-state index is 4.72. The molecule has 0 bridgehead atoms. The first-order valence-electron chi connectivity index (χ1n) is 7.07. The molecule has 2 heterocycles. The smallest absolute Gasteiger partial charge is 0.0672 e. The summed E-state index contributed by atoms with van der Waals surface area (Å²) in [6.07, 6.45) is 4.67. The van der Waals surface area contributed by atoms with Crippen molar-refractivity contribution < 1.29 is 0 Å². The topological polar surface area (TPSA) is 29.9 Å². The molecule has 0 spiro atoms. The Kier molecular flexibility index (Phi) is 3.38. The molecule has 1 aliphatic rings. The molecular formula is C16H21N3. The summed E-state index contributed by atoms with van der Waals surface area (Å²) in [6.45, 7) is 6.41. The van der Waals surface area contributed by atoms with Crippen LogP contribution >= 0.6 is 0 Å². The first kappa shape index (κ1) is 12.4. The van der Waals surface area contributed by atoms with E-state index in [4.69, 9.17) is 5.10 Å². The van der Waals surface area contributed by atoms with E-state index in [1.165, 1.54) is 29.5 Å². The summed E-state index contributed by atoms with van der Waals surface area (Å²) >= 11 is 0. The molecule has 1 saturated heterocycles. The number of piperidine rings is 1. The van der Waals surface area contributed by atoms with Crippen LogP contribution in [-0.4, -0.2) is 22.9 Å². The fraction of sp³-hybridized carbons (Fsp3) is 0.438. The van der Waals surface area contributed by atoms with Crippen molar-refractivity contribution in [1.29, 1.82) is 0 Å². The van der Waals surface area contributed by atoms with Crippen LogP contribution in [-0.2, 0) is 0 Å². The number of nitrogens with zero attached hydrogens (tertiary/aromatic N) is 2. The lowest BCUT2D eigenvalue weighted by Crippen LogP contribution is -2.31. The number of aryl methyl sites for hydroxylation is 2. The van der Waals surface area contributed by atoms with Gasteiger partial charge in [-0.2, -0.15) is 5.10 Å². The lowest BCUT2D eigenvalue weighted by Gasteiger charge is -2.22. The first-order valence-corrected chi connectivity index (χ1v) is 7.07. The van der Waals surface area contributed by atoms with Gasteiger partial charge in [-0.1, -0.05) is 29.8 Å². The quantitative estimate of drug-likeness (QED) is 0.893. The van der Waals surface area contributed by atoms with Gasteiger partial charge in [0.1, 0.15) is 0 Å². The highest BCUT2D eigenvalue weighted by atomic mass is 15.3. The molecule has 1 aliphatic heterocycles. The van der Waals surface area contributed by atoms with Crippen LogP contribution in [0.15, 0.2) is 30.5 Å². The number of hydrogen-bond acceptors (Lipinski definition) is 2. The monoisotopic (exact) mass is 255 g/mol. The van der Waals surface area contributed by atoms with Gasteiger partial charge in [0.25, 0.3) is 0 Å². The fourth-order valence-corrected chi connectivity index (χ4v) is 2.82. The molecule has 1 unspecified atom stereocenters. The lowest BCUT2D eigenvalue weighted by atomic mass is 10.0. The normalized spacial score (nSPS) is 19.6. The molecule has 0 radical (unpaired) electrons. The van der Waals surface area contributed by atoms with Crippen LogP contribution in [0.2, 0.25) is 0 Å². The van der Waals surface area contributed by atoms with Crippen molar-refractivity contribution in [1.82, 2.24) is 15.1 Å².